The van der Waals surface area contributed by atoms with Crippen molar-refractivity contribution in [3.05, 3.63) is 0 Å². The lowest BCUT2D eigenvalue weighted by molar-refractivity contribution is 0.0669. The van der Waals surface area contributed by atoms with Crippen LogP contribution in [-0.2, 0) is 0 Å². The lowest BCUT2D eigenvalue weighted by Crippen LogP contribution is -2.23. The molecule has 1 aliphatic carbocycles. The van der Waals surface area contributed by atoms with Crippen LogP contribution in [0, 0.1) is 17.8 Å². The highest BCUT2D eigenvalue weighted by atomic mass is 16.3. The molecule has 0 saturated heterocycles. The third-order valence-corrected chi connectivity index (χ3v) is 2.99. The molecular weight excluding hydrogens is 148 g/mol. The Morgan fingerprint density at radius 2 is 1.83 bits per heavy atom. The smallest absolute Gasteiger partial charge is 0.0588 e. The summed E-state index contributed by atoms with van der Waals surface area (Å²) >= 11 is 0. The van der Waals surface area contributed by atoms with Gasteiger partial charge in [0.25, 0.3) is 0 Å². The number of aliphatic hydroxyl groups is 1. The van der Waals surface area contributed by atoms with Crippen molar-refractivity contribution >= 4 is 0 Å². The second-order valence-electron chi connectivity index (χ2n) is 4.73. The minimum atomic E-state index is -0.0938. The first-order valence-corrected chi connectivity index (χ1v) is 5.29. The van der Waals surface area contributed by atoms with E-state index in [-0.39, 0.29) is 6.10 Å². The number of aliphatic hydroxyl groups excluding tert-OH is 1. The third kappa shape index (κ3) is 3.14. The molecule has 0 amide bonds. The summed E-state index contributed by atoms with van der Waals surface area (Å²) in [6.45, 7) is 6.36. The van der Waals surface area contributed by atoms with Crippen LogP contribution in [0.4, 0.5) is 0 Å². The summed E-state index contributed by atoms with van der Waals surface area (Å²) in [6, 6.07) is 0. The molecule has 0 aliphatic heterocycles. The molecule has 0 spiro atoms. The Morgan fingerprint density at radius 3 is 2.25 bits per heavy atom. The van der Waals surface area contributed by atoms with Gasteiger partial charge < -0.3 is 5.11 Å². The molecule has 12 heavy (non-hydrogen) atoms. The molecule has 0 aromatic rings. The highest BCUT2D eigenvalue weighted by Gasteiger charge is 2.24. The quantitative estimate of drug-likeness (QED) is 0.672. The maximum absolute atomic E-state index is 9.73. The van der Waals surface area contributed by atoms with Crippen LogP contribution >= 0.6 is 0 Å². The molecule has 0 heterocycles. The Kier molecular flexibility index (Phi) is 3.57. The normalized spacial score (nSPS) is 22.8. The lowest BCUT2D eigenvalue weighted by atomic mass is 9.90. The molecule has 0 aromatic heterocycles. The molecule has 1 aliphatic rings. The Balaban J connectivity index is 2.11. The molecule has 2 atom stereocenters. The maximum atomic E-state index is 9.73. The van der Waals surface area contributed by atoms with E-state index in [1.165, 1.54) is 25.7 Å². The van der Waals surface area contributed by atoms with E-state index in [1.807, 2.05) is 0 Å². The van der Waals surface area contributed by atoms with Crippen molar-refractivity contribution in [3.8, 4) is 0 Å². The van der Waals surface area contributed by atoms with Crippen LogP contribution < -0.4 is 0 Å². The van der Waals surface area contributed by atoms with Gasteiger partial charge in [-0.3, -0.25) is 0 Å². The molecule has 1 saturated carbocycles. The number of hydrogen-bond donors (Lipinski definition) is 1. The first-order chi connectivity index (χ1) is 5.61. The predicted molar refractivity (Wildman–Crippen MR) is 52.0 cm³/mol. The second-order valence-corrected chi connectivity index (χ2v) is 4.73. The molecule has 0 aromatic carbocycles. The fourth-order valence-electron chi connectivity index (χ4n) is 1.73. The van der Waals surface area contributed by atoms with Gasteiger partial charge in [0.15, 0.2) is 0 Å². The van der Waals surface area contributed by atoms with Gasteiger partial charge in [0.1, 0.15) is 0 Å². The van der Waals surface area contributed by atoms with Crippen LogP contribution in [0.3, 0.4) is 0 Å². The van der Waals surface area contributed by atoms with Crippen LogP contribution in [-0.4, -0.2) is 11.2 Å². The van der Waals surface area contributed by atoms with Gasteiger partial charge in [-0.25, -0.2) is 0 Å². The summed E-state index contributed by atoms with van der Waals surface area (Å²) in [4.78, 5) is 0. The van der Waals surface area contributed by atoms with E-state index in [2.05, 4.69) is 20.8 Å². The topological polar surface area (TPSA) is 20.2 Å². The van der Waals surface area contributed by atoms with Gasteiger partial charge in [0.2, 0.25) is 0 Å². The van der Waals surface area contributed by atoms with Crippen molar-refractivity contribution in [1.82, 2.24) is 0 Å². The summed E-state index contributed by atoms with van der Waals surface area (Å²) in [6.07, 6.45) is 5.33. The molecular formula is C11H22O. The Bertz CT molecular complexity index is 127. The zero-order valence-electron chi connectivity index (χ0n) is 8.59. The third-order valence-electron chi connectivity index (χ3n) is 2.99. The molecule has 0 bridgehead atoms. The van der Waals surface area contributed by atoms with Gasteiger partial charge in [0.05, 0.1) is 6.10 Å². The number of hydrogen-bond acceptors (Lipinski definition) is 1. The Labute approximate surface area is 76.2 Å². The van der Waals surface area contributed by atoms with E-state index in [9.17, 15) is 5.11 Å². The first-order valence-electron chi connectivity index (χ1n) is 5.29. The van der Waals surface area contributed by atoms with Crippen LogP contribution in [0.25, 0.3) is 0 Å². The average Bonchev–Trinajstić information content (AvgIpc) is 2.81. The van der Waals surface area contributed by atoms with E-state index < -0.39 is 0 Å². The second kappa shape index (κ2) is 4.27. The van der Waals surface area contributed by atoms with Crippen LogP contribution in [0.5, 0.6) is 0 Å². The predicted octanol–water partition coefficient (Wildman–Crippen LogP) is 2.83. The van der Waals surface area contributed by atoms with Gasteiger partial charge in [0, 0.05) is 0 Å². The highest BCUT2D eigenvalue weighted by molar-refractivity contribution is 4.76. The summed E-state index contributed by atoms with van der Waals surface area (Å²) in [5, 5.41) is 9.73. The van der Waals surface area contributed by atoms with E-state index >= 15 is 0 Å². The maximum Gasteiger partial charge on any atom is 0.0588 e. The van der Waals surface area contributed by atoms with Gasteiger partial charge in [-0.1, -0.05) is 40.0 Å². The molecule has 1 nitrogen and oxygen atoms in total. The van der Waals surface area contributed by atoms with Gasteiger partial charge >= 0.3 is 0 Å². The van der Waals surface area contributed by atoms with Crippen LogP contribution in [0.1, 0.15) is 46.5 Å². The Hall–Kier alpha value is -0.0400. The molecule has 1 fully saturated rings. The van der Waals surface area contributed by atoms with E-state index in [1.54, 1.807) is 0 Å². The minimum absolute atomic E-state index is 0.0938. The van der Waals surface area contributed by atoms with Crippen LogP contribution in [0.2, 0.25) is 0 Å². The molecule has 0 radical (unpaired) electrons. The fourth-order valence-corrected chi connectivity index (χ4v) is 1.73. The molecule has 72 valence electrons. The molecule has 1 heteroatoms. The average molecular weight is 170 g/mol. The zero-order valence-corrected chi connectivity index (χ0v) is 8.59. The molecule has 1 rings (SSSR count). The Morgan fingerprint density at radius 1 is 1.25 bits per heavy atom. The standard InChI is InChI=1S/C11H22O/c1-8(2)11(12)9(3)4-5-10-6-7-10/h8-12H,4-7H2,1-3H3. The number of rotatable bonds is 5. The van der Waals surface area contributed by atoms with Crippen molar-refractivity contribution in [3.63, 3.8) is 0 Å². The van der Waals surface area contributed by atoms with Crippen molar-refractivity contribution in [2.45, 2.75) is 52.6 Å². The molecule has 2 unspecified atom stereocenters. The first kappa shape index (κ1) is 10.0. The summed E-state index contributed by atoms with van der Waals surface area (Å²) in [5.74, 6) is 1.91. The van der Waals surface area contributed by atoms with Crippen molar-refractivity contribution in [2.24, 2.45) is 17.8 Å². The van der Waals surface area contributed by atoms with Gasteiger partial charge in [-0.15, -0.1) is 0 Å². The van der Waals surface area contributed by atoms with E-state index in [4.69, 9.17) is 0 Å². The van der Waals surface area contributed by atoms with E-state index in [0.29, 0.717) is 11.8 Å². The summed E-state index contributed by atoms with van der Waals surface area (Å²) in [7, 11) is 0. The summed E-state index contributed by atoms with van der Waals surface area (Å²) < 4.78 is 0. The highest BCUT2D eigenvalue weighted by Crippen LogP contribution is 2.35. The van der Waals surface area contributed by atoms with Crippen molar-refractivity contribution in [2.75, 3.05) is 0 Å². The van der Waals surface area contributed by atoms with Crippen molar-refractivity contribution < 1.29 is 5.11 Å². The SMILES string of the molecule is CC(C)C(O)C(C)CCC1CC1. The zero-order chi connectivity index (χ0) is 9.14. The van der Waals surface area contributed by atoms with E-state index in [0.717, 1.165) is 5.92 Å². The monoisotopic (exact) mass is 170 g/mol. The van der Waals surface area contributed by atoms with Gasteiger partial charge in [-0.05, 0) is 24.2 Å². The van der Waals surface area contributed by atoms with Crippen LogP contribution in [0.15, 0.2) is 0 Å². The fraction of sp³-hybridized carbons (Fsp3) is 1.00. The van der Waals surface area contributed by atoms with Crippen molar-refractivity contribution in [1.29, 1.82) is 0 Å². The lowest BCUT2D eigenvalue weighted by Gasteiger charge is -2.21. The summed E-state index contributed by atoms with van der Waals surface area (Å²) in [5.41, 5.74) is 0. The van der Waals surface area contributed by atoms with Gasteiger partial charge in [-0.2, -0.15) is 0 Å². The largest absolute Gasteiger partial charge is 0.393 e. The molecule has 1 N–H and O–H groups in total. The minimum Gasteiger partial charge on any atom is -0.393 e.